The number of rotatable bonds is 6. The van der Waals surface area contributed by atoms with E-state index in [-0.39, 0.29) is 6.04 Å². The maximum atomic E-state index is 12.3. The number of carbonyl (C=O) groups excluding carboxylic acids is 1. The van der Waals surface area contributed by atoms with Gasteiger partial charge in [0.05, 0.1) is 31.5 Å². The van der Waals surface area contributed by atoms with E-state index in [1.165, 1.54) is 0 Å². The van der Waals surface area contributed by atoms with Crippen molar-refractivity contribution in [2.24, 2.45) is 0 Å². The van der Waals surface area contributed by atoms with Crippen molar-refractivity contribution in [2.75, 3.05) is 43.6 Å². The lowest BCUT2D eigenvalue weighted by atomic mass is 9.91. The number of nitrogens with zero attached hydrogens (tertiary/aromatic N) is 3. The lowest BCUT2D eigenvalue weighted by Gasteiger charge is -2.32. The lowest BCUT2D eigenvalue weighted by Crippen LogP contribution is -2.41. The third-order valence-corrected chi connectivity index (χ3v) is 6.61. The van der Waals surface area contributed by atoms with Gasteiger partial charge in [0.15, 0.2) is 0 Å². The van der Waals surface area contributed by atoms with Crippen molar-refractivity contribution < 1.29 is 19.0 Å². The topological polar surface area (TPSA) is 97.8 Å². The Bertz CT molecular complexity index is 1140. The Balaban J connectivity index is 1.18. The van der Waals surface area contributed by atoms with Crippen LogP contribution in [0.1, 0.15) is 25.7 Å². The van der Waals surface area contributed by atoms with Gasteiger partial charge in [0.25, 0.3) is 0 Å². The van der Waals surface area contributed by atoms with Crippen LogP contribution in [0.2, 0.25) is 0 Å². The number of fused-ring (bicyclic) bond motifs is 1. The minimum absolute atomic E-state index is 0.0926. The first-order chi connectivity index (χ1) is 17.2. The number of ether oxygens (including phenoxy) is 3. The Morgan fingerprint density at radius 2 is 1.66 bits per heavy atom. The summed E-state index contributed by atoms with van der Waals surface area (Å²) in [5, 5.41) is 6.71. The fourth-order valence-electron chi connectivity index (χ4n) is 4.72. The summed E-state index contributed by atoms with van der Waals surface area (Å²) in [4.78, 5) is 23.8. The zero-order valence-electron chi connectivity index (χ0n) is 19.9. The average molecular weight is 478 g/mol. The molecule has 1 aliphatic carbocycles. The van der Waals surface area contributed by atoms with Gasteiger partial charge < -0.3 is 29.7 Å². The second kappa shape index (κ2) is 10.8. The molecule has 184 valence electrons. The molecule has 5 rings (SSSR count). The van der Waals surface area contributed by atoms with Gasteiger partial charge in [-0.1, -0.05) is 0 Å². The number of anilines is 2. The maximum absolute atomic E-state index is 12.3. The van der Waals surface area contributed by atoms with Crippen molar-refractivity contribution in [1.82, 2.24) is 15.3 Å². The molecule has 0 unspecified atom stereocenters. The summed E-state index contributed by atoms with van der Waals surface area (Å²) in [7, 11) is 1.60. The molecule has 3 aromatic rings. The number of aromatic nitrogens is 2. The van der Waals surface area contributed by atoms with E-state index in [0.29, 0.717) is 11.8 Å². The summed E-state index contributed by atoms with van der Waals surface area (Å²) < 4.78 is 16.1. The first-order valence-corrected chi connectivity index (χ1v) is 12.1. The SMILES string of the molecule is COc1ccc(OC(=O)N[C@H]2CC[C@@H](Nc3cc(N4CCOCC4)cc4nccnc34)CC2)cc1. The van der Waals surface area contributed by atoms with E-state index >= 15 is 0 Å². The van der Waals surface area contributed by atoms with Crippen LogP contribution in [0.3, 0.4) is 0 Å². The molecule has 2 N–H and O–H groups in total. The zero-order valence-corrected chi connectivity index (χ0v) is 19.9. The zero-order chi connectivity index (χ0) is 24.0. The smallest absolute Gasteiger partial charge is 0.412 e. The molecule has 0 radical (unpaired) electrons. The minimum Gasteiger partial charge on any atom is -0.497 e. The van der Waals surface area contributed by atoms with Crippen LogP contribution < -0.4 is 25.0 Å². The van der Waals surface area contributed by atoms with Crippen LogP contribution in [0.25, 0.3) is 11.0 Å². The highest BCUT2D eigenvalue weighted by molar-refractivity contribution is 5.91. The van der Waals surface area contributed by atoms with Crippen LogP contribution >= 0.6 is 0 Å². The van der Waals surface area contributed by atoms with Crippen molar-refractivity contribution in [3.8, 4) is 11.5 Å². The molecule has 2 aromatic carbocycles. The standard InChI is InChI=1S/C26H31N5O4/c1-33-21-6-8-22(9-7-21)35-26(32)30-19-4-2-18(3-5-19)29-24-17-20(31-12-14-34-15-13-31)16-23-25(24)28-11-10-27-23/h6-11,16-19,29H,2-5,12-15H2,1H3,(H,30,32)/t18-,19+. The Hall–Kier alpha value is -3.59. The monoisotopic (exact) mass is 477 g/mol. The van der Waals surface area contributed by atoms with E-state index in [1.807, 2.05) is 0 Å². The number of benzene rings is 2. The van der Waals surface area contributed by atoms with Crippen LogP contribution in [-0.2, 0) is 4.74 Å². The van der Waals surface area contributed by atoms with Crippen molar-refractivity contribution in [3.63, 3.8) is 0 Å². The third-order valence-electron chi connectivity index (χ3n) is 6.61. The fraction of sp³-hybridized carbons (Fsp3) is 0.423. The molecule has 1 saturated carbocycles. The number of morpholine rings is 1. The van der Waals surface area contributed by atoms with Crippen LogP contribution in [0, 0.1) is 0 Å². The van der Waals surface area contributed by atoms with Crippen LogP contribution in [0.15, 0.2) is 48.8 Å². The van der Waals surface area contributed by atoms with Crippen molar-refractivity contribution in [2.45, 2.75) is 37.8 Å². The molecular formula is C26H31N5O4. The van der Waals surface area contributed by atoms with Gasteiger partial charge in [-0.2, -0.15) is 0 Å². The van der Waals surface area contributed by atoms with Crippen molar-refractivity contribution in [3.05, 3.63) is 48.8 Å². The van der Waals surface area contributed by atoms with E-state index in [2.05, 4.69) is 37.6 Å². The molecule has 35 heavy (non-hydrogen) atoms. The summed E-state index contributed by atoms with van der Waals surface area (Å²) in [6.45, 7) is 3.21. The summed E-state index contributed by atoms with van der Waals surface area (Å²) in [6, 6.07) is 11.6. The highest BCUT2D eigenvalue weighted by Gasteiger charge is 2.24. The molecule has 1 aromatic heterocycles. The predicted molar refractivity (Wildman–Crippen MR) is 134 cm³/mol. The van der Waals surface area contributed by atoms with E-state index < -0.39 is 6.09 Å². The Kier molecular flexibility index (Phi) is 7.13. The molecule has 2 heterocycles. The molecule has 2 aliphatic rings. The fourth-order valence-corrected chi connectivity index (χ4v) is 4.72. The highest BCUT2D eigenvalue weighted by Crippen LogP contribution is 2.31. The van der Waals surface area contributed by atoms with Crippen molar-refractivity contribution in [1.29, 1.82) is 0 Å². The summed E-state index contributed by atoms with van der Waals surface area (Å²) in [5.41, 5.74) is 3.91. The number of carbonyl (C=O) groups is 1. The molecule has 0 atom stereocenters. The number of hydrogen-bond acceptors (Lipinski definition) is 8. The molecule has 9 heteroatoms. The highest BCUT2D eigenvalue weighted by atomic mass is 16.6. The van der Waals surface area contributed by atoms with Gasteiger partial charge >= 0.3 is 6.09 Å². The van der Waals surface area contributed by atoms with Gasteiger partial charge in [-0.3, -0.25) is 9.97 Å². The number of hydrogen-bond donors (Lipinski definition) is 2. The molecule has 0 spiro atoms. The van der Waals surface area contributed by atoms with Gasteiger partial charge in [-0.25, -0.2) is 4.79 Å². The van der Waals surface area contributed by atoms with Gasteiger partial charge in [-0.05, 0) is 62.1 Å². The quantitative estimate of drug-likeness (QED) is 0.550. The normalized spacial score (nSPS) is 20.3. The maximum Gasteiger partial charge on any atom is 0.412 e. The Labute approximate surface area is 204 Å². The number of nitrogens with one attached hydrogen (secondary N) is 2. The van der Waals surface area contributed by atoms with Gasteiger partial charge in [0.2, 0.25) is 0 Å². The Morgan fingerprint density at radius 3 is 2.40 bits per heavy atom. The largest absolute Gasteiger partial charge is 0.497 e. The minimum atomic E-state index is -0.425. The molecule has 9 nitrogen and oxygen atoms in total. The van der Waals surface area contributed by atoms with Crippen LogP contribution in [-0.4, -0.2) is 61.6 Å². The van der Waals surface area contributed by atoms with E-state index in [0.717, 1.165) is 80.1 Å². The first-order valence-electron chi connectivity index (χ1n) is 12.1. The predicted octanol–water partition coefficient (Wildman–Crippen LogP) is 3.99. The second-order valence-electron chi connectivity index (χ2n) is 8.92. The number of methoxy groups -OCH3 is 1. The summed E-state index contributed by atoms with van der Waals surface area (Å²) in [5.74, 6) is 1.21. The third kappa shape index (κ3) is 5.74. The van der Waals surface area contributed by atoms with Gasteiger partial charge in [0.1, 0.15) is 17.0 Å². The molecule has 1 amide bonds. The molecule has 0 bridgehead atoms. The van der Waals surface area contributed by atoms with E-state index in [9.17, 15) is 4.79 Å². The Morgan fingerprint density at radius 1 is 0.971 bits per heavy atom. The van der Waals surface area contributed by atoms with Gasteiger partial charge in [-0.15, -0.1) is 0 Å². The first kappa shape index (κ1) is 23.2. The van der Waals surface area contributed by atoms with Crippen molar-refractivity contribution >= 4 is 28.5 Å². The molecule has 1 saturated heterocycles. The molecule has 2 fully saturated rings. The van der Waals surface area contributed by atoms with Gasteiger partial charge in [0, 0.05) is 43.3 Å². The molecule has 1 aliphatic heterocycles. The summed E-state index contributed by atoms with van der Waals surface area (Å²) in [6.07, 6.45) is 6.68. The van der Waals surface area contributed by atoms with Crippen LogP contribution in [0.5, 0.6) is 11.5 Å². The molecular weight excluding hydrogens is 446 g/mol. The average Bonchev–Trinajstić information content (AvgIpc) is 2.90. The van der Waals surface area contributed by atoms with Crippen LogP contribution in [0.4, 0.5) is 16.2 Å². The summed E-state index contributed by atoms with van der Waals surface area (Å²) >= 11 is 0. The second-order valence-corrected chi connectivity index (χ2v) is 8.92. The van der Waals surface area contributed by atoms with E-state index in [4.69, 9.17) is 14.2 Å². The van der Waals surface area contributed by atoms with E-state index in [1.54, 1.807) is 43.8 Å². The number of amides is 1. The lowest BCUT2D eigenvalue weighted by molar-refractivity contribution is 0.122.